The molecule has 9 nitrogen and oxygen atoms in total. The van der Waals surface area contributed by atoms with Gasteiger partial charge < -0.3 is 0 Å². The van der Waals surface area contributed by atoms with Gasteiger partial charge in [0.05, 0.1) is 15.5 Å². The van der Waals surface area contributed by atoms with Gasteiger partial charge in [0.2, 0.25) is 0 Å². The Hall–Kier alpha value is -5.09. The monoisotopic (exact) mass is 549 g/mol. The third-order valence-electron chi connectivity index (χ3n) is 6.74. The van der Waals surface area contributed by atoms with E-state index in [0.717, 1.165) is 16.7 Å². The van der Waals surface area contributed by atoms with Gasteiger partial charge in [0.1, 0.15) is 5.69 Å². The van der Waals surface area contributed by atoms with E-state index in [4.69, 9.17) is 5.10 Å². The summed E-state index contributed by atoms with van der Waals surface area (Å²) in [7, 11) is -4.01. The van der Waals surface area contributed by atoms with Gasteiger partial charge in [0.15, 0.2) is 5.65 Å². The minimum absolute atomic E-state index is 0.0118. The molecule has 0 saturated carbocycles. The van der Waals surface area contributed by atoms with E-state index in [1.165, 1.54) is 16.1 Å². The molecular formula is C30H23N5O4S. The number of pyridine rings is 1. The lowest BCUT2D eigenvalue weighted by Gasteiger charge is -2.12. The van der Waals surface area contributed by atoms with E-state index >= 15 is 0 Å². The van der Waals surface area contributed by atoms with Crippen molar-refractivity contribution >= 4 is 26.7 Å². The number of rotatable bonds is 7. The topological polar surface area (TPSA) is 113 Å². The Kier molecular flexibility index (Phi) is 6.24. The Morgan fingerprint density at radius 3 is 2.17 bits per heavy atom. The van der Waals surface area contributed by atoms with E-state index in [0.29, 0.717) is 34.5 Å². The van der Waals surface area contributed by atoms with E-state index in [-0.39, 0.29) is 10.6 Å². The molecule has 0 fully saturated rings. The van der Waals surface area contributed by atoms with E-state index in [2.05, 4.69) is 4.98 Å². The molecule has 3 aromatic heterocycles. The Bertz CT molecular complexity index is 1960. The molecule has 10 heteroatoms. The molecule has 0 saturated heterocycles. The van der Waals surface area contributed by atoms with Crippen molar-refractivity contribution in [1.82, 2.24) is 18.7 Å². The van der Waals surface area contributed by atoms with Crippen molar-refractivity contribution < 1.29 is 13.3 Å². The SMILES string of the molecule is CCn1cc(-c2ccnc3c2cc(-c2ccccc2)n3S(=O)(=O)c2ccccc2)c(-c2ccc([N+](=O)[O-])cc2)n1. The molecule has 6 rings (SSSR count). The standard InChI is InChI=1S/C30H23N5O4S/c1-2-33-20-27(29(32-33)22-13-15-23(16-14-22)35(36)37)25-17-18-31-30-26(25)19-28(21-9-5-3-6-10-21)34(30)40(38,39)24-11-7-4-8-12-24/h3-20H,2H2,1H3. The first-order valence-electron chi connectivity index (χ1n) is 12.6. The summed E-state index contributed by atoms with van der Waals surface area (Å²) >= 11 is 0. The second-order valence-corrected chi connectivity index (χ2v) is 10.9. The quantitative estimate of drug-likeness (QED) is 0.168. The van der Waals surface area contributed by atoms with Gasteiger partial charge >= 0.3 is 0 Å². The molecule has 198 valence electrons. The average molecular weight is 550 g/mol. The van der Waals surface area contributed by atoms with Crippen molar-refractivity contribution in [2.24, 2.45) is 0 Å². The number of nitro groups is 1. The van der Waals surface area contributed by atoms with E-state index in [9.17, 15) is 18.5 Å². The number of aryl methyl sites for hydroxylation is 1. The number of fused-ring (bicyclic) bond motifs is 1. The summed E-state index contributed by atoms with van der Waals surface area (Å²) < 4.78 is 31.1. The zero-order valence-corrected chi connectivity index (χ0v) is 22.2. The number of non-ortho nitro benzene ring substituents is 1. The van der Waals surface area contributed by atoms with Crippen LogP contribution in [0.1, 0.15) is 6.92 Å². The van der Waals surface area contributed by atoms with Crippen LogP contribution in [0.5, 0.6) is 0 Å². The number of nitrogens with zero attached hydrogens (tertiary/aromatic N) is 5. The minimum atomic E-state index is -4.01. The van der Waals surface area contributed by atoms with E-state index < -0.39 is 14.9 Å². The fourth-order valence-corrected chi connectivity index (χ4v) is 6.30. The van der Waals surface area contributed by atoms with Crippen LogP contribution in [0.15, 0.2) is 114 Å². The lowest BCUT2D eigenvalue weighted by molar-refractivity contribution is -0.384. The number of benzene rings is 3. The molecule has 0 aliphatic carbocycles. The molecule has 0 radical (unpaired) electrons. The second kappa shape index (κ2) is 9.90. The molecule has 0 aliphatic heterocycles. The van der Waals surface area contributed by atoms with E-state index in [1.54, 1.807) is 53.3 Å². The fourth-order valence-electron chi connectivity index (χ4n) is 4.80. The fraction of sp³-hybridized carbons (Fsp3) is 0.0667. The van der Waals surface area contributed by atoms with Crippen LogP contribution in [0.25, 0.3) is 44.7 Å². The molecule has 0 bridgehead atoms. The van der Waals surface area contributed by atoms with Crippen molar-refractivity contribution in [2.45, 2.75) is 18.4 Å². The molecule has 0 atom stereocenters. The third-order valence-corrected chi connectivity index (χ3v) is 8.46. The summed E-state index contributed by atoms with van der Waals surface area (Å²) in [6.45, 7) is 2.57. The summed E-state index contributed by atoms with van der Waals surface area (Å²) in [5.74, 6) is 0. The van der Waals surface area contributed by atoms with Gasteiger partial charge in [-0.05, 0) is 54.4 Å². The largest absolute Gasteiger partial charge is 0.272 e. The maximum atomic E-state index is 14.0. The lowest BCUT2D eigenvalue weighted by atomic mass is 10.00. The minimum Gasteiger partial charge on any atom is -0.272 e. The van der Waals surface area contributed by atoms with Crippen LogP contribution in [-0.4, -0.2) is 32.1 Å². The molecule has 0 spiro atoms. The van der Waals surface area contributed by atoms with Crippen LogP contribution in [0, 0.1) is 10.1 Å². The van der Waals surface area contributed by atoms with Gasteiger partial charge in [0, 0.05) is 47.6 Å². The Morgan fingerprint density at radius 2 is 1.52 bits per heavy atom. The first-order valence-corrected chi connectivity index (χ1v) is 14.0. The first-order chi connectivity index (χ1) is 19.4. The van der Waals surface area contributed by atoms with Crippen molar-refractivity contribution in [2.75, 3.05) is 0 Å². The lowest BCUT2D eigenvalue weighted by Crippen LogP contribution is -2.14. The maximum absolute atomic E-state index is 14.0. The van der Waals surface area contributed by atoms with Crippen molar-refractivity contribution in [3.05, 3.63) is 120 Å². The van der Waals surface area contributed by atoms with Crippen LogP contribution < -0.4 is 0 Å². The molecule has 3 heterocycles. The van der Waals surface area contributed by atoms with Crippen molar-refractivity contribution in [3.8, 4) is 33.6 Å². The van der Waals surface area contributed by atoms with Crippen LogP contribution in [0.2, 0.25) is 0 Å². The summed E-state index contributed by atoms with van der Waals surface area (Å²) in [6, 6.07) is 27.5. The third kappa shape index (κ3) is 4.24. The van der Waals surface area contributed by atoms with Crippen LogP contribution in [0.3, 0.4) is 0 Å². The summed E-state index contributed by atoms with van der Waals surface area (Å²) in [4.78, 5) is 15.5. The normalized spacial score (nSPS) is 11.6. The molecule has 0 amide bonds. The van der Waals surface area contributed by atoms with Gasteiger partial charge in [-0.1, -0.05) is 48.5 Å². The summed E-state index contributed by atoms with van der Waals surface area (Å²) in [6.07, 6.45) is 3.49. The van der Waals surface area contributed by atoms with Gasteiger partial charge in [-0.2, -0.15) is 5.10 Å². The number of nitro benzene ring substituents is 1. The number of hydrogen-bond acceptors (Lipinski definition) is 6. The van der Waals surface area contributed by atoms with Gasteiger partial charge in [-0.25, -0.2) is 17.4 Å². The highest BCUT2D eigenvalue weighted by Gasteiger charge is 2.27. The average Bonchev–Trinajstić information content (AvgIpc) is 3.61. The second-order valence-electron chi connectivity index (χ2n) is 9.12. The summed E-state index contributed by atoms with van der Waals surface area (Å²) in [5, 5.41) is 16.6. The first kappa shape index (κ1) is 25.2. The van der Waals surface area contributed by atoms with Crippen LogP contribution in [-0.2, 0) is 16.6 Å². The van der Waals surface area contributed by atoms with Crippen LogP contribution in [0.4, 0.5) is 5.69 Å². The zero-order chi connectivity index (χ0) is 27.9. The smallest absolute Gasteiger partial charge is 0.269 e. The highest BCUT2D eigenvalue weighted by molar-refractivity contribution is 7.90. The molecule has 3 aromatic carbocycles. The Labute approximate surface area is 230 Å². The predicted octanol–water partition coefficient (Wildman–Crippen LogP) is 6.40. The van der Waals surface area contributed by atoms with Crippen molar-refractivity contribution in [3.63, 3.8) is 0 Å². The Balaban J connectivity index is 1.63. The van der Waals surface area contributed by atoms with Gasteiger partial charge in [-0.15, -0.1) is 0 Å². The number of aromatic nitrogens is 4. The number of hydrogen-bond donors (Lipinski definition) is 0. The molecule has 0 N–H and O–H groups in total. The van der Waals surface area contributed by atoms with E-state index in [1.807, 2.05) is 55.6 Å². The highest BCUT2D eigenvalue weighted by atomic mass is 32.2. The Morgan fingerprint density at radius 1 is 0.850 bits per heavy atom. The van der Waals surface area contributed by atoms with Crippen LogP contribution >= 0.6 is 0 Å². The highest BCUT2D eigenvalue weighted by Crippen LogP contribution is 2.39. The predicted molar refractivity (Wildman–Crippen MR) is 153 cm³/mol. The molecule has 6 aromatic rings. The van der Waals surface area contributed by atoms with Gasteiger partial charge in [-0.3, -0.25) is 14.8 Å². The summed E-state index contributed by atoms with van der Waals surface area (Å²) in [5.41, 5.74) is 4.34. The maximum Gasteiger partial charge on any atom is 0.269 e. The molecule has 40 heavy (non-hydrogen) atoms. The molecule has 0 unspecified atom stereocenters. The zero-order valence-electron chi connectivity index (χ0n) is 21.4. The molecular weight excluding hydrogens is 526 g/mol. The molecule has 0 aliphatic rings. The van der Waals surface area contributed by atoms with Gasteiger partial charge in [0.25, 0.3) is 15.7 Å². The van der Waals surface area contributed by atoms with Crippen molar-refractivity contribution in [1.29, 1.82) is 0 Å².